The zero-order valence-corrected chi connectivity index (χ0v) is 12.7. The summed E-state index contributed by atoms with van der Waals surface area (Å²) in [7, 11) is 0. The Labute approximate surface area is 121 Å². The molecule has 1 aliphatic heterocycles. The molecule has 0 spiro atoms. The largest absolute Gasteiger partial charge is 0.444 e. The number of ether oxygens (including phenoxy) is 1. The Balaban J connectivity index is 2.07. The van der Waals surface area contributed by atoms with Crippen LogP contribution < -0.4 is 5.32 Å². The highest BCUT2D eigenvalue weighted by Gasteiger charge is 2.32. The number of nitrogens with zero attached hydrogens (tertiary/aromatic N) is 1. The van der Waals surface area contributed by atoms with Gasteiger partial charge in [0.25, 0.3) is 0 Å². The van der Waals surface area contributed by atoms with Crippen molar-refractivity contribution in [2.24, 2.45) is 0 Å². The predicted molar refractivity (Wildman–Crippen MR) is 79.6 cm³/mol. The van der Waals surface area contributed by atoms with Gasteiger partial charge in [-0.25, -0.2) is 4.79 Å². The number of hydrogen-bond acceptors (Lipinski definition) is 3. The number of piperazine rings is 1. The van der Waals surface area contributed by atoms with Crippen molar-refractivity contribution < 1.29 is 9.53 Å². The van der Waals surface area contributed by atoms with Gasteiger partial charge < -0.3 is 15.0 Å². The third kappa shape index (κ3) is 3.73. The van der Waals surface area contributed by atoms with Crippen LogP contribution in [0.3, 0.4) is 0 Å². The van der Waals surface area contributed by atoms with E-state index in [-0.39, 0.29) is 18.2 Å². The Hall–Kier alpha value is -1.55. The fourth-order valence-corrected chi connectivity index (χ4v) is 2.35. The fraction of sp³-hybridized carbons (Fsp3) is 0.562. The summed E-state index contributed by atoms with van der Waals surface area (Å²) in [6.45, 7) is 9.14. The zero-order valence-electron chi connectivity index (χ0n) is 12.7. The molecular formula is C16H24N2O2. The van der Waals surface area contributed by atoms with Crippen LogP contribution in [0.2, 0.25) is 0 Å². The summed E-state index contributed by atoms with van der Waals surface area (Å²) in [5.41, 5.74) is 0.747. The van der Waals surface area contributed by atoms with Crippen LogP contribution in [-0.4, -0.2) is 35.7 Å². The minimum atomic E-state index is -0.454. The first-order valence-electron chi connectivity index (χ1n) is 7.15. The Morgan fingerprint density at radius 1 is 1.30 bits per heavy atom. The second-order valence-electron chi connectivity index (χ2n) is 6.35. The molecule has 0 radical (unpaired) electrons. The number of amides is 1. The summed E-state index contributed by atoms with van der Waals surface area (Å²) in [5, 5.41) is 3.48. The van der Waals surface area contributed by atoms with E-state index < -0.39 is 5.60 Å². The van der Waals surface area contributed by atoms with Gasteiger partial charge in [-0.2, -0.15) is 0 Å². The summed E-state index contributed by atoms with van der Waals surface area (Å²) >= 11 is 0. The second-order valence-corrected chi connectivity index (χ2v) is 6.35. The highest BCUT2D eigenvalue weighted by atomic mass is 16.6. The van der Waals surface area contributed by atoms with Crippen molar-refractivity contribution in [2.75, 3.05) is 13.1 Å². The molecule has 2 unspecified atom stereocenters. The molecule has 0 bridgehead atoms. The molecule has 1 heterocycles. The van der Waals surface area contributed by atoms with Crippen molar-refractivity contribution in [3.63, 3.8) is 0 Å². The third-order valence-electron chi connectivity index (χ3n) is 3.40. The molecule has 2 atom stereocenters. The molecule has 0 saturated carbocycles. The first-order valence-corrected chi connectivity index (χ1v) is 7.15. The van der Waals surface area contributed by atoms with Crippen molar-refractivity contribution in [1.82, 2.24) is 10.2 Å². The molecule has 0 aliphatic carbocycles. The fourth-order valence-electron chi connectivity index (χ4n) is 2.35. The average molecular weight is 276 g/mol. The van der Waals surface area contributed by atoms with Crippen molar-refractivity contribution in [2.45, 2.75) is 45.4 Å². The van der Waals surface area contributed by atoms with Crippen LogP contribution in [0.5, 0.6) is 0 Å². The molecule has 1 saturated heterocycles. The maximum absolute atomic E-state index is 12.3. The molecule has 1 aliphatic rings. The van der Waals surface area contributed by atoms with Gasteiger partial charge in [-0.3, -0.25) is 0 Å². The normalized spacial score (nSPS) is 23.5. The Morgan fingerprint density at radius 2 is 1.95 bits per heavy atom. The van der Waals surface area contributed by atoms with Gasteiger partial charge in [0.05, 0.1) is 6.04 Å². The van der Waals surface area contributed by atoms with Crippen molar-refractivity contribution in [3.8, 4) is 0 Å². The summed E-state index contributed by atoms with van der Waals surface area (Å²) in [6, 6.07) is 10.5. The Morgan fingerprint density at radius 3 is 2.55 bits per heavy atom. The molecule has 20 heavy (non-hydrogen) atoms. The lowest BCUT2D eigenvalue weighted by Gasteiger charge is -2.39. The van der Waals surface area contributed by atoms with E-state index in [1.807, 2.05) is 50.8 Å². The number of carbonyl (C=O) groups is 1. The lowest BCUT2D eigenvalue weighted by atomic mass is 10.0. The number of benzene rings is 1. The highest BCUT2D eigenvalue weighted by molar-refractivity contribution is 5.68. The summed E-state index contributed by atoms with van der Waals surface area (Å²) in [6.07, 6.45) is -0.229. The first kappa shape index (κ1) is 14.9. The van der Waals surface area contributed by atoms with E-state index >= 15 is 0 Å². The van der Waals surface area contributed by atoms with Gasteiger partial charge in [-0.1, -0.05) is 30.3 Å². The monoisotopic (exact) mass is 276 g/mol. The van der Waals surface area contributed by atoms with Gasteiger partial charge >= 0.3 is 6.09 Å². The zero-order chi connectivity index (χ0) is 14.8. The molecule has 4 nitrogen and oxygen atoms in total. The smallest absolute Gasteiger partial charge is 0.410 e. The van der Waals surface area contributed by atoms with E-state index in [4.69, 9.17) is 4.74 Å². The second kappa shape index (κ2) is 5.83. The Kier molecular flexibility index (Phi) is 4.33. The molecule has 1 N–H and O–H groups in total. The number of nitrogens with one attached hydrogen (secondary N) is 1. The van der Waals surface area contributed by atoms with E-state index in [2.05, 4.69) is 17.4 Å². The third-order valence-corrected chi connectivity index (χ3v) is 3.40. The molecular weight excluding hydrogens is 252 g/mol. The van der Waals surface area contributed by atoms with Crippen LogP contribution in [0.15, 0.2) is 30.3 Å². The highest BCUT2D eigenvalue weighted by Crippen LogP contribution is 2.21. The SMILES string of the molecule is CC1CNC(c2ccccc2)CN1C(=O)OC(C)(C)C. The van der Waals surface area contributed by atoms with Gasteiger partial charge in [0.2, 0.25) is 0 Å². The summed E-state index contributed by atoms with van der Waals surface area (Å²) < 4.78 is 5.49. The van der Waals surface area contributed by atoms with E-state index in [9.17, 15) is 4.79 Å². The van der Waals surface area contributed by atoms with Crippen LogP contribution >= 0.6 is 0 Å². The minimum absolute atomic E-state index is 0.143. The van der Waals surface area contributed by atoms with Crippen molar-refractivity contribution >= 4 is 6.09 Å². The lowest BCUT2D eigenvalue weighted by Crippen LogP contribution is -2.54. The Bertz CT molecular complexity index is 453. The van der Waals surface area contributed by atoms with Gasteiger partial charge in [0.1, 0.15) is 5.60 Å². The van der Waals surface area contributed by atoms with Crippen LogP contribution in [0.25, 0.3) is 0 Å². The van der Waals surface area contributed by atoms with Gasteiger partial charge in [0.15, 0.2) is 0 Å². The topological polar surface area (TPSA) is 41.6 Å². The predicted octanol–water partition coefficient (Wildman–Crippen LogP) is 2.96. The van der Waals surface area contributed by atoms with Crippen LogP contribution in [0.1, 0.15) is 39.3 Å². The summed E-state index contributed by atoms with van der Waals surface area (Å²) in [5.74, 6) is 0. The summed E-state index contributed by atoms with van der Waals surface area (Å²) in [4.78, 5) is 14.1. The van der Waals surface area contributed by atoms with Gasteiger partial charge in [-0.05, 0) is 33.3 Å². The quantitative estimate of drug-likeness (QED) is 0.857. The lowest BCUT2D eigenvalue weighted by molar-refractivity contribution is 0.00958. The molecule has 1 aromatic rings. The van der Waals surface area contributed by atoms with E-state index in [1.54, 1.807) is 0 Å². The van der Waals surface area contributed by atoms with Crippen LogP contribution in [0.4, 0.5) is 4.79 Å². The van der Waals surface area contributed by atoms with E-state index in [1.165, 1.54) is 5.56 Å². The van der Waals surface area contributed by atoms with E-state index in [0.29, 0.717) is 6.54 Å². The maximum atomic E-state index is 12.3. The molecule has 1 fully saturated rings. The number of carbonyl (C=O) groups excluding carboxylic acids is 1. The number of hydrogen-bond donors (Lipinski definition) is 1. The molecule has 4 heteroatoms. The minimum Gasteiger partial charge on any atom is -0.444 e. The maximum Gasteiger partial charge on any atom is 0.410 e. The van der Waals surface area contributed by atoms with Crippen LogP contribution in [-0.2, 0) is 4.74 Å². The first-order chi connectivity index (χ1) is 9.37. The standard InChI is InChI=1S/C16H24N2O2/c1-12-10-17-14(13-8-6-5-7-9-13)11-18(12)15(19)20-16(2,3)4/h5-9,12,14,17H,10-11H2,1-4H3. The molecule has 0 aromatic heterocycles. The molecule has 2 rings (SSSR count). The van der Waals surface area contributed by atoms with Crippen LogP contribution in [0, 0.1) is 0 Å². The van der Waals surface area contributed by atoms with E-state index in [0.717, 1.165) is 6.54 Å². The van der Waals surface area contributed by atoms with Crippen molar-refractivity contribution in [3.05, 3.63) is 35.9 Å². The molecule has 1 aromatic carbocycles. The molecule has 1 amide bonds. The van der Waals surface area contributed by atoms with Gasteiger partial charge in [0, 0.05) is 19.1 Å². The number of rotatable bonds is 1. The van der Waals surface area contributed by atoms with Gasteiger partial charge in [-0.15, -0.1) is 0 Å². The van der Waals surface area contributed by atoms with Crippen molar-refractivity contribution in [1.29, 1.82) is 0 Å². The molecule has 110 valence electrons. The average Bonchev–Trinajstić information content (AvgIpc) is 2.38.